The third-order valence-electron chi connectivity index (χ3n) is 9.69. The number of ether oxygens (including phenoxy) is 4. The second-order valence-corrected chi connectivity index (χ2v) is 16.6. The number of piperidine rings is 2. The molecule has 0 unspecified atom stereocenters. The maximum atomic E-state index is 12.9. The average molecular weight is 593 g/mol. The van der Waals surface area contributed by atoms with E-state index in [1.807, 2.05) is 0 Å². The molecule has 0 aromatic heterocycles. The molecular weight excluding hydrogens is 532 g/mol. The van der Waals surface area contributed by atoms with Gasteiger partial charge in [0.15, 0.2) is 0 Å². The first kappa shape index (κ1) is 33.7. The first-order valence-corrected chi connectivity index (χ1v) is 16.7. The van der Waals surface area contributed by atoms with E-state index in [2.05, 4.69) is 66.0 Å². The highest BCUT2D eigenvalue weighted by Crippen LogP contribution is 2.36. The highest BCUT2D eigenvalue weighted by atomic mass is 16.7. The Morgan fingerprint density at radius 2 is 1.02 bits per heavy atom. The molecule has 0 aromatic rings. The van der Waals surface area contributed by atoms with Gasteiger partial charge in [-0.15, -0.1) is 0 Å². The summed E-state index contributed by atoms with van der Waals surface area (Å²) in [5.41, 5.74) is -0.205. The fourth-order valence-electron chi connectivity index (χ4n) is 8.50. The van der Waals surface area contributed by atoms with E-state index in [0.29, 0.717) is 25.0 Å². The number of hydrogen-bond acceptors (Lipinski definition) is 8. The predicted molar refractivity (Wildman–Crippen MR) is 164 cm³/mol. The summed E-state index contributed by atoms with van der Waals surface area (Å²) in [4.78, 5) is 25.7. The molecule has 4 aliphatic rings. The van der Waals surface area contributed by atoms with Gasteiger partial charge in [-0.1, -0.05) is 19.3 Å². The van der Waals surface area contributed by atoms with E-state index in [9.17, 15) is 9.59 Å². The number of esters is 2. The van der Waals surface area contributed by atoms with Crippen LogP contribution in [0.4, 0.5) is 0 Å². The predicted octanol–water partition coefficient (Wildman–Crippen LogP) is 6.05. The smallest absolute Gasteiger partial charge is 0.363 e. The molecule has 0 amide bonds. The van der Waals surface area contributed by atoms with Gasteiger partial charge in [0.1, 0.15) is 12.2 Å². The quantitative estimate of drug-likeness (QED) is 0.247. The Labute approximate surface area is 255 Å². The van der Waals surface area contributed by atoms with Gasteiger partial charge in [-0.05, 0) is 93.4 Å². The number of nitrogens with one attached hydrogen (secondary N) is 2. The van der Waals surface area contributed by atoms with Gasteiger partial charge < -0.3 is 29.6 Å². The van der Waals surface area contributed by atoms with Crippen molar-refractivity contribution in [3.63, 3.8) is 0 Å². The van der Waals surface area contributed by atoms with Gasteiger partial charge in [0.25, 0.3) is 6.29 Å². The molecular formula is C34H60N2O6. The molecule has 242 valence electrons. The van der Waals surface area contributed by atoms with E-state index in [1.165, 1.54) is 12.8 Å². The maximum Gasteiger partial charge on any atom is 0.363 e. The number of carbonyl (C=O) groups excluding carboxylic acids is 2. The summed E-state index contributed by atoms with van der Waals surface area (Å²) in [6.45, 7) is 18.4. The zero-order valence-corrected chi connectivity index (χ0v) is 27.8. The summed E-state index contributed by atoms with van der Waals surface area (Å²) >= 11 is 0. The number of carbonyl (C=O) groups is 2. The van der Waals surface area contributed by atoms with Crippen molar-refractivity contribution in [2.24, 2.45) is 17.8 Å². The van der Waals surface area contributed by atoms with Crippen LogP contribution in [-0.2, 0) is 28.5 Å². The van der Waals surface area contributed by atoms with E-state index in [-0.39, 0.29) is 46.3 Å². The van der Waals surface area contributed by atoms with Gasteiger partial charge in [-0.25, -0.2) is 4.79 Å². The number of rotatable bonds is 9. The molecule has 3 heterocycles. The molecule has 8 nitrogen and oxygen atoms in total. The topological polar surface area (TPSA) is 95.1 Å². The molecule has 3 saturated heterocycles. The Bertz CT molecular complexity index is 809. The maximum absolute atomic E-state index is 12.9. The fraction of sp³-hybridized carbons (Fsp3) is 0.941. The first-order chi connectivity index (χ1) is 19.5. The van der Waals surface area contributed by atoms with Crippen LogP contribution >= 0.6 is 0 Å². The van der Waals surface area contributed by atoms with Gasteiger partial charge >= 0.3 is 11.9 Å². The van der Waals surface area contributed by atoms with Crippen LogP contribution < -0.4 is 10.6 Å². The summed E-state index contributed by atoms with van der Waals surface area (Å²) in [5.74, 6) is 0.714. The summed E-state index contributed by atoms with van der Waals surface area (Å²) in [6, 6.07) is 0. The summed E-state index contributed by atoms with van der Waals surface area (Å²) < 4.78 is 23.5. The van der Waals surface area contributed by atoms with Crippen molar-refractivity contribution in [2.45, 2.75) is 173 Å². The van der Waals surface area contributed by atoms with E-state index < -0.39 is 12.3 Å². The highest BCUT2D eigenvalue weighted by molar-refractivity contribution is 5.73. The molecule has 0 radical (unpaired) electrons. The summed E-state index contributed by atoms with van der Waals surface area (Å²) in [5, 5.41) is 7.28. The molecule has 0 spiro atoms. The van der Waals surface area contributed by atoms with Crippen LogP contribution in [0, 0.1) is 17.8 Å². The second kappa shape index (κ2) is 13.4. The largest absolute Gasteiger partial charge is 0.462 e. The van der Waals surface area contributed by atoms with Gasteiger partial charge in [0.2, 0.25) is 0 Å². The van der Waals surface area contributed by atoms with Crippen LogP contribution in [0.2, 0.25) is 0 Å². The fourth-order valence-corrected chi connectivity index (χ4v) is 8.50. The van der Waals surface area contributed by atoms with E-state index in [1.54, 1.807) is 0 Å². The Morgan fingerprint density at radius 1 is 0.619 bits per heavy atom. The second-order valence-electron chi connectivity index (χ2n) is 16.6. The third kappa shape index (κ3) is 10.2. The highest BCUT2D eigenvalue weighted by Gasteiger charge is 2.42. The van der Waals surface area contributed by atoms with Crippen LogP contribution in [-0.4, -0.2) is 65.8 Å². The zero-order chi connectivity index (χ0) is 30.8. The normalized spacial score (nSPS) is 33.0. The SMILES string of the molecule is CC1(C)CC(OC(=O)C2CCC(CCCCC3COC(C(=O)OC4CC(C)(C)NC(C)(C)C4)OC3)CC2)CC(C)(C)N1. The van der Waals surface area contributed by atoms with Crippen LogP contribution in [0.1, 0.15) is 132 Å². The molecule has 4 fully saturated rings. The molecule has 1 saturated carbocycles. The minimum atomic E-state index is -0.906. The molecule has 1 aliphatic carbocycles. The lowest BCUT2D eigenvalue weighted by Gasteiger charge is -2.46. The van der Waals surface area contributed by atoms with Crippen molar-refractivity contribution in [1.82, 2.24) is 10.6 Å². The molecule has 0 bridgehead atoms. The van der Waals surface area contributed by atoms with E-state index in [0.717, 1.165) is 64.2 Å². The van der Waals surface area contributed by atoms with Crippen molar-refractivity contribution in [3.05, 3.63) is 0 Å². The molecule has 0 atom stereocenters. The monoisotopic (exact) mass is 592 g/mol. The van der Waals surface area contributed by atoms with Gasteiger partial charge in [-0.2, -0.15) is 0 Å². The van der Waals surface area contributed by atoms with Crippen molar-refractivity contribution in [3.8, 4) is 0 Å². The Kier molecular flexibility index (Phi) is 10.8. The standard InChI is InChI=1S/C34H60N2O6/c1-31(2)17-26(18-32(3,4)35-31)41-28(37)25-15-13-23(14-16-25)11-9-10-12-24-21-39-30(40-22-24)29(38)42-27-19-33(5,6)36-34(7,8)20-27/h23-27,30,35-36H,9-22H2,1-8H3. The third-order valence-corrected chi connectivity index (χ3v) is 9.69. The zero-order valence-electron chi connectivity index (χ0n) is 27.8. The first-order valence-electron chi connectivity index (χ1n) is 16.7. The van der Waals surface area contributed by atoms with Gasteiger partial charge in [0, 0.05) is 53.8 Å². The van der Waals surface area contributed by atoms with Crippen molar-refractivity contribution < 1.29 is 28.5 Å². The van der Waals surface area contributed by atoms with Crippen LogP contribution in [0.15, 0.2) is 0 Å². The molecule has 0 aromatic carbocycles. The Morgan fingerprint density at radius 3 is 1.48 bits per heavy atom. The summed E-state index contributed by atoms with van der Waals surface area (Å²) in [6.07, 6.45) is 11.0. The number of hydrogen-bond donors (Lipinski definition) is 2. The van der Waals surface area contributed by atoms with Crippen LogP contribution in [0.25, 0.3) is 0 Å². The van der Waals surface area contributed by atoms with Crippen LogP contribution in [0.3, 0.4) is 0 Å². The lowest BCUT2D eigenvalue weighted by atomic mass is 9.79. The van der Waals surface area contributed by atoms with Crippen molar-refractivity contribution in [1.29, 1.82) is 0 Å². The van der Waals surface area contributed by atoms with Gasteiger partial charge in [-0.3, -0.25) is 4.79 Å². The molecule has 3 aliphatic heterocycles. The summed E-state index contributed by atoms with van der Waals surface area (Å²) in [7, 11) is 0. The Hall–Kier alpha value is -1.22. The number of unbranched alkanes of at least 4 members (excludes halogenated alkanes) is 1. The van der Waals surface area contributed by atoms with Crippen LogP contribution in [0.5, 0.6) is 0 Å². The molecule has 8 heteroatoms. The minimum absolute atomic E-state index is 0.00408. The van der Waals surface area contributed by atoms with E-state index >= 15 is 0 Å². The van der Waals surface area contributed by atoms with E-state index in [4.69, 9.17) is 18.9 Å². The lowest BCUT2D eigenvalue weighted by molar-refractivity contribution is -0.227. The minimum Gasteiger partial charge on any atom is -0.462 e. The molecule has 2 N–H and O–H groups in total. The van der Waals surface area contributed by atoms with Crippen molar-refractivity contribution in [2.75, 3.05) is 13.2 Å². The Balaban J connectivity index is 1.07. The molecule has 42 heavy (non-hydrogen) atoms. The average Bonchev–Trinajstić information content (AvgIpc) is 2.83. The van der Waals surface area contributed by atoms with Crippen molar-refractivity contribution >= 4 is 11.9 Å². The van der Waals surface area contributed by atoms with Gasteiger partial charge in [0.05, 0.1) is 19.1 Å². The lowest BCUT2D eigenvalue weighted by Crippen LogP contribution is -2.60. The molecule has 4 rings (SSSR count).